The van der Waals surface area contributed by atoms with Crippen molar-refractivity contribution in [2.24, 2.45) is 5.92 Å². The second kappa shape index (κ2) is 8.06. The average Bonchev–Trinajstić information content (AvgIpc) is 3.63. The summed E-state index contributed by atoms with van der Waals surface area (Å²) in [6.45, 7) is 3.09. The van der Waals surface area contributed by atoms with Crippen LogP contribution in [0.5, 0.6) is 0 Å². The van der Waals surface area contributed by atoms with Crippen LogP contribution in [0.25, 0.3) is 11.1 Å². The minimum Gasteiger partial charge on any atom is -0.465 e. The molecule has 0 bridgehead atoms. The first-order valence-electron chi connectivity index (χ1n) is 11.3. The zero-order chi connectivity index (χ0) is 23.3. The van der Waals surface area contributed by atoms with Crippen LogP contribution in [0, 0.1) is 5.92 Å². The second-order valence-corrected chi connectivity index (χ2v) is 11.4. The Labute approximate surface area is 193 Å². The lowest BCUT2D eigenvalue weighted by Crippen LogP contribution is -2.52. The van der Waals surface area contributed by atoms with E-state index < -0.39 is 15.9 Å². The number of carbonyl (C=O) groups is 2. The van der Waals surface area contributed by atoms with Gasteiger partial charge < -0.3 is 14.9 Å². The van der Waals surface area contributed by atoms with Gasteiger partial charge in [0.2, 0.25) is 5.91 Å². The monoisotopic (exact) mass is 469 g/mol. The number of hydrogen-bond donors (Lipinski definition) is 1. The Kier molecular flexibility index (Phi) is 5.31. The van der Waals surface area contributed by atoms with Crippen molar-refractivity contribution in [3.05, 3.63) is 42.5 Å². The van der Waals surface area contributed by atoms with Crippen LogP contribution in [0.2, 0.25) is 0 Å². The van der Waals surface area contributed by atoms with Crippen LogP contribution in [0.4, 0.5) is 21.9 Å². The van der Waals surface area contributed by atoms with Crippen LogP contribution in [-0.4, -0.2) is 62.7 Å². The maximum absolute atomic E-state index is 12.9. The Hall–Kier alpha value is -3.07. The molecule has 1 aliphatic carbocycles. The number of carbonyl (C=O) groups excluding carboxylic acids is 1. The molecule has 2 amide bonds. The third-order valence-corrected chi connectivity index (χ3v) is 8.33. The number of nitrogens with zero attached hydrogens (tertiary/aromatic N) is 3. The molecule has 2 aliphatic heterocycles. The smallest absolute Gasteiger partial charge is 0.411 e. The Balaban J connectivity index is 1.45. The molecule has 2 fully saturated rings. The molecule has 8 nitrogen and oxygen atoms in total. The van der Waals surface area contributed by atoms with E-state index >= 15 is 0 Å². The molecule has 0 aromatic heterocycles. The average molecular weight is 470 g/mol. The van der Waals surface area contributed by atoms with Gasteiger partial charge in [-0.15, -0.1) is 0 Å². The number of amides is 2. The predicted octanol–water partition coefficient (Wildman–Crippen LogP) is 3.22. The van der Waals surface area contributed by atoms with Crippen molar-refractivity contribution in [3.8, 4) is 11.1 Å². The van der Waals surface area contributed by atoms with Crippen LogP contribution >= 0.6 is 0 Å². The van der Waals surface area contributed by atoms with Gasteiger partial charge in [0, 0.05) is 31.2 Å². The van der Waals surface area contributed by atoms with Crippen LogP contribution in [-0.2, 0) is 14.6 Å². The molecule has 2 heterocycles. The molecule has 2 aromatic carbocycles. The van der Waals surface area contributed by atoms with Crippen molar-refractivity contribution in [2.75, 3.05) is 45.8 Å². The number of anilines is 3. The number of sulfone groups is 1. The fraction of sp³-hybridized carbons (Fsp3) is 0.417. The van der Waals surface area contributed by atoms with Crippen LogP contribution in [0.1, 0.15) is 19.8 Å². The van der Waals surface area contributed by atoms with Gasteiger partial charge in [-0.05, 0) is 55.2 Å². The third-order valence-electron chi connectivity index (χ3n) is 6.72. The molecular weight excluding hydrogens is 442 g/mol. The van der Waals surface area contributed by atoms with E-state index in [1.807, 2.05) is 49.4 Å². The highest BCUT2D eigenvalue weighted by Crippen LogP contribution is 2.42. The van der Waals surface area contributed by atoms with E-state index in [1.54, 1.807) is 4.90 Å². The number of hydrogen-bond acceptors (Lipinski definition) is 5. The Morgan fingerprint density at radius 3 is 2.18 bits per heavy atom. The summed E-state index contributed by atoms with van der Waals surface area (Å²) in [5.41, 5.74) is 3.92. The molecule has 1 atom stereocenters. The van der Waals surface area contributed by atoms with Gasteiger partial charge >= 0.3 is 6.09 Å². The van der Waals surface area contributed by atoms with Gasteiger partial charge in [-0.1, -0.05) is 18.2 Å². The highest BCUT2D eigenvalue weighted by atomic mass is 32.2. The molecule has 1 saturated carbocycles. The summed E-state index contributed by atoms with van der Waals surface area (Å²) in [4.78, 5) is 30.0. The first-order chi connectivity index (χ1) is 15.7. The van der Waals surface area contributed by atoms with E-state index in [4.69, 9.17) is 0 Å². The van der Waals surface area contributed by atoms with Gasteiger partial charge in [0.05, 0.1) is 28.9 Å². The predicted molar refractivity (Wildman–Crippen MR) is 128 cm³/mol. The molecule has 5 rings (SSSR count). The lowest BCUT2D eigenvalue weighted by molar-refractivity contribution is -0.120. The normalized spacial score (nSPS) is 22.1. The van der Waals surface area contributed by atoms with Crippen LogP contribution in [0.15, 0.2) is 42.5 Å². The molecule has 0 unspecified atom stereocenters. The van der Waals surface area contributed by atoms with E-state index in [2.05, 4.69) is 4.90 Å². The molecule has 3 aliphatic rings. The van der Waals surface area contributed by atoms with E-state index in [9.17, 15) is 23.1 Å². The summed E-state index contributed by atoms with van der Waals surface area (Å²) < 4.78 is 23.4. The zero-order valence-corrected chi connectivity index (χ0v) is 19.3. The maximum atomic E-state index is 12.9. The quantitative estimate of drug-likeness (QED) is 0.741. The molecule has 2 aromatic rings. The summed E-state index contributed by atoms with van der Waals surface area (Å²) in [5, 5.41) is 9.80. The Morgan fingerprint density at radius 2 is 1.58 bits per heavy atom. The van der Waals surface area contributed by atoms with Crippen LogP contribution < -0.4 is 14.7 Å². The summed E-state index contributed by atoms with van der Waals surface area (Å²) in [7, 11) is -2.93. The fourth-order valence-corrected chi connectivity index (χ4v) is 5.89. The highest BCUT2D eigenvalue weighted by Gasteiger charge is 2.41. The van der Waals surface area contributed by atoms with E-state index in [0.29, 0.717) is 24.5 Å². The van der Waals surface area contributed by atoms with Crippen molar-refractivity contribution in [1.29, 1.82) is 0 Å². The summed E-state index contributed by atoms with van der Waals surface area (Å²) in [5.74, 6) is 0.459. The Bertz CT molecular complexity index is 1190. The SMILES string of the molecule is C[C@H]1CN(C(=O)O)c2cc(-c3ccc(N4CCS(=O)(=O)CC4)cc3)ccc2N1C(=O)C1CC1. The number of benzene rings is 2. The zero-order valence-electron chi connectivity index (χ0n) is 18.5. The third kappa shape index (κ3) is 4.17. The number of carboxylic acid groups (broad SMARTS) is 1. The minimum absolute atomic E-state index is 0.0497. The van der Waals surface area contributed by atoms with Gasteiger partial charge in [-0.25, -0.2) is 13.2 Å². The lowest BCUT2D eigenvalue weighted by Gasteiger charge is -2.40. The standard InChI is InChI=1S/C24H27N3O5S/c1-16-15-26(24(29)30)22-14-19(6-9-21(22)27(16)23(28)18-2-3-18)17-4-7-20(8-5-17)25-10-12-33(31,32)13-11-25/h4-9,14,16,18H,2-3,10-13,15H2,1H3,(H,29,30)/t16-/m0/s1. The Morgan fingerprint density at radius 1 is 0.939 bits per heavy atom. The fourth-order valence-electron chi connectivity index (χ4n) is 4.68. The van der Waals surface area contributed by atoms with Crippen molar-refractivity contribution in [1.82, 2.24) is 0 Å². The van der Waals surface area contributed by atoms with Gasteiger partial charge in [-0.3, -0.25) is 9.69 Å². The minimum atomic E-state index is -2.93. The van der Waals surface area contributed by atoms with Crippen molar-refractivity contribution < 1.29 is 23.1 Å². The largest absolute Gasteiger partial charge is 0.465 e. The van der Waals surface area contributed by atoms with Crippen molar-refractivity contribution in [2.45, 2.75) is 25.8 Å². The van der Waals surface area contributed by atoms with E-state index in [-0.39, 0.29) is 35.9 Å². The van der Waals surface area contributed by atoms with Gasteiger partial charge in [0.25, 0.3) is 0 Å². The summed E-state index contributed by atoms with van der Waals surface area (Å²) >= 11 is 0. The molecule has 33 heavy (non-hydrogen) atoms. The highest BCUT2D eigenvalue weighted by molar-refractivity contribution is 7.91. The lowest BCUT2D eigenvalue weighted by atomic mass is 10.00. The molecule has 174 valence electrons. The maximum Gasteiger partial charge on any atom is 0.411 e. The molecule has 0 radical (unpaired) electrons. The summed E-state index contributed by atoms with van der Waals surface area (Å²) in [6, 6.07) is 13.2. The van der Waals surface area contributed by atoms with Gasteiger partial charge in [0.15, 0.2) is 9.84 Å². The molecular formula is C24H27N3O5S. The first kappa shape index (κ1) is 21.8. The topological polar surface area (TPSA) is 98.2 Å². The van der Waals surface area contributed by atoms with Crippen LogP contribution in [0.3, 0.4) is 0 Å². The van der Waals surface area contributed by atoms with E-state index in [1.165, 1.54) is 4.90 Å². The molecule has 1 N–H and O–H groups in total. The summed E-state index contributed by atoms with van der Waals surface area (Å²) in [6.07, 6.45) is 0.759. The second-order valence-electron chi connectivity index (χ2n) is 9.11. The first-order valence-corrected chi connectivity index (χ1v) is 13.1. The molecule has 9 heteroatoms. The number of rotatable bonds is 3. The van der Waals surface area contributed by atoms with Crippen molar-refractivity contribution in [3.63, 3.8) is 0 Å². The van der Waals surface area contributed by atoms with Gasteiger partial charge in [0.1, 0.15) is 0 Å². The molecule has 0 spiro atoms. The van der Waals surface area contributed by atoms with Gasteiger partial charge in [-0.2, -0.15) is 0 Å². The van der Waals surface area contributed by atoms with Crippen molar-refractivity contribution >= 4 is 38.9 Å². The van der Waals surface area contributed by atoms with E-state index in [0.717, 1.165) is 29.7 Å². The molecule has 1 saturated heterocycles. The number of fused-ring (bicyclic) bond motifs is 1.